The third-order valence-corrected chi connectivity index (χ3v) is 1.23. The highest BCUT2D eigenvalue weighted by Gasteiger charge is 2.22. The van der Waals surface area contributed by atoms with E-state index in [4.69, 9.17) is 9.84 Å². The number of aliphatic hydroxyl groups excluding tert-OH is 1. The molecule has 2 nitrogen and oxygen atoms in total. The first-order valence-corrected chi connectivity index (χ1v) is 2.68. The Kier molecular flexibility index (Phi) is 1.81. The smallest absolute Gasteiger partial charge is 0.116 e. The van der Waals surface area contributed by atoms with Crippen LogP contribution in [0.4, 0.5) is 4.39 Å². The van der Waals surface area contributed by atoms with Gasteiger partial charge in [0.05, 0.1) is 18.8 Å². The molecule has 3 heteroatoms. The minimum Gasteiger partial charge on any atom is -0.391 e. The Morgan fingerprint density at radius 3 is 2.75 bits per heavy atom. The minimum atomic E-state index is -0.475. The Hall–Kier alpha value is -0.150. The Morgan fingerprint density at radius 2 is 2.50 bits per heavy atom. The molecule has 0 radical (unpaired) electrons. The number of hydrogen-bond donors (Lipinski definition) is 1. The van der Waals surface area contributed by atoms with Crippen LogP contribution >= 0.6 is 0 Å². The van der Waals surface area contributed by atoms with Crippen molar-refractivity contribution in [3.8, 4) is 0 Å². The van der Waals surface area contributed by atoms with Crippen LogP contribution in [-0.4, -0.2) is 30.6 Å². The van der Waals surface area contributed by atoms with Crippen molar-refractivity contribution in [2.75, 3.05) is 13.3 Å². The summed E-state index contributed by atoms with van der Waals surface area (Å²) in [5, 5.41) is 8.74. The molecule has 1 fully saturated rings. The van der Waals surface area contributed by atoms with Crippen LogP contribution in [0, 0.1) is 0 Å². The van der Waals surface area contributed by atoms with Gasteiger partial charge < -0.3 is 9.84 Å². The van der Waals surface area contributed by atoms with E-state index in [1.54, 1.807) is 0 Å². The maximum Gasteiger partial charge on any atom is 0.116 e. The zero-order chi connectivity index (χ0) is 5.98. The van der Waals surface area contributed by atoms with Gasteiger partial charge in [0.15, 0.2) is 0 Å². The average molecular weight is 120 g/mol. The van der Waals surface area contributed by atoms with E-state index in [1.165, 1.54) is 0 Å². The van der Waals surface area contributed by atoms with Crippen LogP contribution in [0.3, 0.4) is 0 Å². The largest absolute Gasteiger partial charge is 0.391 e. The highest BCUT2D eigenvalue weighted by atomic mass is 19.1. The molecule has 0 amide bonds. The third kappa shape index (κ3) is 1.17. The molecule has 0 saturated carbocycles. The van der Waals surface area contributed by atoms with E-state index < -0.39 is 12.8 Å². The fraction of sp³-hybridized carbons (Fsp3) is 1.00. The van der Waals surface area contributed by atoms with E-state index in [9.17, 15) is 4.39 Å². The average Bonchev–Trinajstić information content (AvgIpc) is 2.14. The van der Waals surface area contributed by atoms with E-state index in [0.717, 1.165) is 0 Å². The Bertz CT molecular complexity index is 76.8. The highest BCUT2D eigenvalue weighted by Crippen LogP contribution is 2.12. The van der Waals surface area contributed by atoms with Gasteiger partial charge >= 0.3 is 0 Å². The van der Waals surface area contributed by atoms with Gasteiger partial charge in [-0.25, -0.2) is 4.39 Å². The molecule has 0 aliphatic carbocycles. The molecule has 2 unspecified atom stereocenters. The summed E-state index contributed by atoms with van der Waals surface area (Å²) in [6.07, 6.45) is -0.322. The normalized spacial score (nSPS) is 38.2. The zero-order valence-electron chi connectivity index (χ0n) is 4.51. The lowest BCUT2D eigenvalue weighted by molar-refractivity contribution is 0.0744. The first-order chi connectivity index (χ1) is 3.83. The van der Waals surface area contributed by atoms with E-state index in [2.05, 4.69) is 0 Å². The van der Waals surface area contributed by atoms with Gasteiger partial charge in [0.25, 0.3) is 0 Å². The van der Waals surface area contributed by atoms with Crippen molar-refractivity contribution in [3.63, 3.8) is 0 Å². The Labute approximate surface area is 47.3 Å². The zero-order valence-corrected chi connectivity index (χ0v) is 4.51. The SMILES string of the molecule is OC1COC(CF)C1. The number of aliphatic hydroxyl groups is 1. The maximum atomic E-state index is 11.6. The van der Waals surface area contributed by atoms with Crippen LogP contribution in [0.1, 0.15) is 6.42 Å². The molecule has 0 aromatic carbocycles. The van der Waals surface area contributed by atoms with Gasteiger partial charge in [0, 0.05) is 6.42 Å². The Balaban J connectivity index is 2.22. The molecule has 8 heavy (non-hydrogen) atoms. The molecule has 2 atom stereocenters. The molecular formula is C5H9FO2. The fourth-order valence-corrected chi connectivity index (χ4v) is 0.794. The lowest BCUT2D eigenvalue weighted by atomic mass is 10.2. The van der Waals surface area contributed by atoms with Crippen molar-refractivity contribution in [2.24, 2.45) is 0 Å². The van der Waals surface area contributed by atoms with Crippen LogP contribution in [0.25, 0.3) is 0 Å². The van der Waals surface area contributed by atoms with Crippen LogP contribution in [0.5, 0.6) is 0 Å². The molecule has 1 saturated heterocycles. The van der Waals surface area contributed by atoms with Crippen molar-refractivity contribution in [3.05, 3.63) is 0 Å². The van der Waals surface area contributed by atoms with E-state index in [0.29, 0.717) is 13.0 Å². The first kappa shape index (κ1) is 5.98. The van der Waals surface area contributed by atoms with Gasteiger partial charge in [-0.05, 0) is 0 Å². The monoisotopic (exact) mass is 120 g/mol. The summed E-state index contributed by atoms with van der Waals surface area (Å²) in [5.74, 6) is 0. The van der Waals surface area contributed by atoms with Crippen LogP contribution in [-0.2, 0) is 4.74 Å². The van der Waals surface area contributed by atoms with Gasteiger partial charge in [-0.2, -0.15) is 0 Å². The highest BCUT2D eigenvalue weighted by molar-refractivity contribution is 4.70. The van der Waals surface area contributed by atoms with Crippen molar-refractivity contribution in [1.82, 2.24) is 0 Å². The molecule has 1 rings (SSSR count). The molecule has 0 aromatic rings. The molecule has 1 N–H and O–H groups in total. The van der Waals surface area contributed by atoms with Gasteiger partial charge in [-0.1, -0.05) is 0 Å². The molecule has 1 aliphatic rings. The standard InChI is InChI=1S/C5H9FO2/c6-2-5-1-4(7)3-8-5/h4-5,7H,1-3H2. The van der Waals surface area contributed by atoms with Gasteiger partial charge in [0.1, 0.15) is 6.67 Å². The predicted octanol–water partition coefficient (Wildman–Crippen LogP) is 0.106. The summed E-state index contributed by atoms with van der Waals surface area (Å²) < 4.78 is 16.4. The van der Waals surface area contributed by atoms with Crippen molar-refractivity contribution in [2.45, 2.75) is 18.6 Å². The second kappa shape index (κ2) is 2.42. The fourth-order valence-electron chi connectivity index (χ4n) is 0.794. The number of hydrogen-bond acceptors (Lipinski definition) is 2. The lowest BCUT2D eigenvalue weighted by Crippen LogP contribution is -2.07. The van der Waals surface area contributed by atoms with Gasteiger partial charge in [0.2, 0.25) is 0 Å². The molecule has 0 spiro atoms. The van der Waals surface area contributed by atoms with Crippen molar-refractivity contribution >= 4 is 0 Å². The molecular weight excluding hydrogens is 111 g/mol. The number of halogens is 1. The van der Waals surface area contributed by atoms with E-state index >= 15 is 0 Å². The summed E-state index contributed by atoms with van der Waals surface area (Å²) >= 11 is 0. The third-order valence-electron chi connectivity index (χ3n) is 1.23. The summed E-state index contributed by atoms with van der Waals surface area (Å²) in [7, 11) is 0. The topological polar surface area (TPSA) is 29.5 Å². The lowest BCUT2D eigenvalue weighted by Gasteiger charge is -1.98. The molecule has 1 aliphatic heterocycles. The quantitative estimate of drug-likeness (QED) is 0.532. The molecule has 1 heterocycles. The summed E-state index contributed by atoms with van der Waals surface area (Å²) in [6, 6.07) is 0. The van der Waals surface area contributed by atoms with Crippen molar-refractivity contribution < 1.29 is 14.2 Å². The van der Waals surface area contributed by atoms with Crippen LogP contribution in [0.15, 0.2) is 0 Å². The van der Waals surface area contributed by atoms with Crippen LogP contribution < -0.4 is 0 Å². The predicted molar refractivity (Wildman–Crippen MR) is 26.3 cm³/mol. The second-order valence-corrected chi connectivity index (χ2v) is 2.00. The van der Waals surface area contributed by atoms with Gasteiger partial charge in [-0.15, -0.1) is 0 Å². The van der Waals surface area contributed by atoms with Crippen molar-refractivity contribution in [1.29, 1.82) is 0 Å². The summed E-state index contributed by atoms with van der Waals surface area (Å²) in [6.45, 7) is -0.175. The summed E-state index contributed by atoms with van der Waals surface area (Å²) in [5.41, 5.74) is 0. The van der Waals surface area contributed by atoms with E-state index in [-0.39, 0.29) is 6.10 Å². The van der Waals surface area contributed by atoms with Gasteiger partial charge in [-0.3, -0.25) is 0 Å². The molecule has 0 aromatic heterocycles. The second-order valence-electron chi connectivity index (χ2n) is 2.00. The maximum absolute atomic E-state index is 11.6. The summed E-state index contributed by atoms with van der Waals surface area (Å²) in [4.78, 5) is 0. The number of alkyl halides is 1. The van der Waals surface area contributed by atoms with Crippen LogP contribution in [0.2, 0.25) is 0 Å². The number of ether oxygens (including phenoxy) is 1. The number of rotatable bonds is 1. The molecule has 48 valence electrons. The Morgan fingerprint density at radius 1 is 1.75 bits per heavy atom. The first-order valence-electron chi connectivity index (χ1n) is 2.68. The van der Waals surface area contributed by atoms with E-state index in [1.807, 2.05) is 0 Å². The minimum absolute atomic E-state index is 0.300. The molecule has 0 bridgehead atoms.